The molecule has 2 rings (SSSR count). The SMILES string of the molecule is Cc1cc(Cl)c(C(N)c2cc(C)c(C)s2)cc1C. The van der Waals surface area contributed by atoms with Crippen molar-refractivity contribution in [3.8, 4) is 0 Å². The summed E-state index contributed by atoms with van der Waals surface area (Å²) in [6.45, 7) is 8.39. The third-order valence-electron chi connectivity index (χ3n) is 3.44. The van der Waals surface area contributed by atoms with Crippen LogP contribution < -0.4 is 5.73 Å². The van der Waals surface area contributed by atoms with Crippen LogP contribution in [0.1, 0.15) is 38.0 Å². The number of rotatable bonds is 2. The van der Waals surface area contributed by atoms with E-state index in [4.69, 9.17) is 17.3 Å². The molecule has 0 saturated heterocycles. The molecule has 1 nitrogen and oxygen atoms in total. The summed E-state index contributed by atoms with van der Waals surface area (Å²) in [5.41, 5.74) is 11.1. The van der Waals surface area contributed by atoms with E-state index in [9.17, 15) is 0 Å². The van der Waals surface area contributed by atoms with Crippen molar-refractivity contribution in [3.05, 3.63) is 55.2 Å². The van der Waals surface area contributed by atoms with Gasteiger partial charge in [0.1, 0.15) is 0 Å². The van der Waals surface area contributed by atoms with E-state index in [1.54, 1.807) is 11.3 Å². The second-order valence-electron chi connectivity index (χ2n) is 4.82. The third-order valence-corrected chi connectivity index (χ3v) is 5.00. The number of thiophene rings is 1. The number of hydrogen-bond acceptors (Lipinski definition) is 2. The molecule has 0 spiro atoms. The molecule has 1 unspecified atom stereocenters. The van der Waals surface area contributed by atoms with Gasteiger partial charge in [-0.1, -0.05) is 17.7 Å². The van der Waals surface area contributed by atoms with Crippen molar-refractivity contribution in [1.29, 1.82) is 0 Å². The van der Waals surface area contributed by atoms with Crippen LogP contribution in [0.2, 0.25) is 5.02 Å². The lowest BCUT2D eigenvalue weighted by molar-refractivity contribution is 0.889. The van der Waals surface area contributed by atoms with Crippen LogP contribution in [0.25, 0.3) is 0 Å². The van der Waals surface area contributed by atoms with Crippen LogP contribution in [0.15, 0.2) is 18.2 Å². The van der Waals surface area contributed by atoms with Crippen LogP contribution in [0.3, 0.4) is 0 Å². The van der Waals surface area contributed by atoms with Gasteiger partial charge in [-0.05, 0) is 62.1 Å². The Morgan fingerprint density at radius 2 is 1.61 bits per heavy atom. The Balaban J connectivity index is 2.45. The predicted octanol–water partition coefficient (Wildman–Crippen LogP) is 4.68. The molecular formula is C15H18ClNS. The smallest absolute Gasteiger partial charge is 0.0660 e. The second kappa shape index (κ2) is 5.04. The maximum absolute atomic E-state index is 6.34. The Hall–Kier alpha value is -0.830. The highest BCUT2D eigenvalue weighted by Crippen LogP contribution is 2.33. The topological polar surface area (TPSA) is 26.0 Å². The molecule has 0 fully saturated rings. The number of hydrogen-bond donors (Lipinski definition) is 1. The molecular weight excluding hydrogens is 262 g/mol. The summed E-state index contributed by atoms with van der Waals surface area (Å²) in [4.78, 5) is 2.50. The van der Waals surface area contributed by atoms with E-state index in [2.05, 4.69) is 39.8 Å². The number of halogens is 1. The largest absolute Gasteiger partial charge is 0.320 e. The van der Waals surface area contributed by atoms with Crippen molar-refractivity contribution in [1.82, 2.24) is 0 Å². The number of benzene rings is 1. The molecule has 96 valence electrons. The van der Waals surface area contributed by atoms with Gasteiger partial charge in [0.25, 0.3) is 0 Å². The quantitative estimate of drug-likeness (QED) is 0.848. The molecule has 0 radical (unpaired) electrons. The summed E-state index contributed by atoms with van der Waals surface area (Å²) in [5, 5.41) is 0.759. The van der Waals surface area contributed by atoms with Gasteiger partial charge < -0.3 is 5.73 Å². The van der Waals surface area contributed by atoms with E-state index in [1.165, 1.54) is 26.4 Å². The average Bonchev–Trinajstić information content (AvgIpc) is 2.63. The van der Waals surface area contributed by atoms with Crippen LogP contribution in [0.5, 0.6) is 0 Å². The summed E-state index contributed by atoms with van der Waals surface area (Å²) in [6.07, 6.45) is 0. The van der Waals surface area contributed by atoms with Crippen molar-refractivity contribution >= 4 is 22.9 Å². The first-order chi connectivity index (χ1) is 8.40. The van der Waals surface area contributed by atoms with Crippen LogP contribution in [-0.2, 0) is 0 Å². The van der Waals surface area contributed by atoms with Crippen molar-refractivity contribution < 1.29 is 0 Å². The van der Waals surface area contributed by atoms with Gasteiger partial charge in [0.05, 0.1) is 6.04 Å². The summed E-state index contributed by atoms with van der Waals surface area (Å²) < 4.78 is 0. The first-order valence-corrected chi connectivity index (χ1v) is 7.18. The third kappa shape index (κ3) is 2.46. The maximum Gasteiger partial charge on any atom is 0.0660 e. The van der Waals surface area contributed by atoms with Gasteiger partial charge in [-0.25, -0.2) is 0 Å². The van der Waals surface area contributed by atoms with Crippen LogP contribution in [0, 0.1) is 27.7 Å². The first-order valence-electron chi connectivity index (χ1n) is 5.99. The number of aryl methyl sites for hydroxylation is 4. The zero-order chi connectivity index (χ0) is 13.4. The molecule has 2 N–H and O–H groups in total. The summed E-state index contributed by atoms with van der Waals surface area (Å²) in [7, 11) is 0. The van der Waals surface area contributed by atoms with E-state index < -0.39 is 0 Å². The van der Waals surface area contributed by atoms with Crippen LogP contribution >= 0.6 is 22.9 Å². The van der Waals surface area contributed by atoms with Gasteiger partial charge in [-0.3, -0.25) is 0 Å². The molecule has 0 saturated carbocycles. The molecule has 1 aromatic heterocycles. The Labute approximate surface area is 118 Å². The predicted molar refractivity (Wildman–Crippen MR) is 80.7 cm³/mol. The monoisotopic (exact) mass is 279 g/mol. The molecule has 1 heterocycles. The highest BCUT2D eigenvalue weighted by Gasteiger charge is 2.16. The van der Waals surface area contributed by atoms with E-state index in [0.29, 0.717) is 0 Å². The molecule has 0 amide bonds. The fourth-order valence-electron chi connectivity index (χ4n) is 1.95. The van der Waals surface area contributed by atoms with E-state index in [0.717, 1.165) is 10.6 Å². The number of nitrogens with two attached hydrogens (primary N) is 1. The Kier molecular flexibility index (Phi) is 3.81. The van der Waals surface area contributed by atoms with E-state index in [-0.39, 0.29) is 6.04 Å². The molecule has 2 aromatic rings. The summed E-state index contributed by atoms with van der Waals surface area (Å²) >= 11 is 8.07. The molecule has 3 heteroatoms. The van der Waals surface area contributed by atoms with E-state index in [1.807, 2.05) is 6.07 Å². The Morgan fingerprint density at radius 1 is 1.00 bits per heavy atom. The average molecular weight is 280 g/mol. The molecule has 0 aliphatic heterocycles. The minimum absolute atomic E-state index is 0.130. The van der Waals surface area contributed by atoms with Gasteiger partial charge in [0, 0.05) is 14.8 Å². The zero-order valence-electron chi connectivity index (χ0n) is 11.2. The van der Waals surface area contributed by atoms with Crippen molar-refractivity contribution in [3.63, 3.8) is 0 Å². The lowest BCUT2D eigenvalue weighted by Crippen LogP contribution is -2.11. The van der Waals surface area contributed by atoms with Crippen LogP contribution in [-0.4, -0.2) is 0 Å². The summed E-state index contributed by atoms with van der Waals surface area (Å²) in [5.74, 6) is 0. The Morgan fingerprint density at radius 3 is 2.17 bits per heavy atom. The van der Waals surface area contributed by atoms with Gasteiger partial charge in [0.15, 0.2) is 0 Å². The van der Waals surface area contributed by atoms with E-state index >= 15 is 0 Å². The molecule has 18 heavy (non-hydrogen) atoms. The van der Waals surface area contributed by atoms with Gasteiger partial charge >= 0.3 is 0 Å². The molecule has 1 atom stereocenters. The fraction of sp³-hybridized carbons (Fsp3) is 0.333. The van der Waals surface area contributed by atoms with Crippen LogP contribution in [0.4, 0.5) is 0 Å². The van der Waals surface area contributed by atoms with Gasteiger partial charge in [0.2, 0.25) is 0 Å². The minimum Gasteiger partial charge on any atom is -0.320 e. The fourth-order valence-corrected chi connectivity index (χ4v) is 3.35. The molecule has 1 aromatic carbocycles. The molecule has 0 bridgehead atoms. The summed E-state index contributed by atoms with van der Waals surface area (Å²) in [6, 6.07) is 6.14. The van der Waals surface area contributed by atoms with Gasteiger partial charge in [-0.15, -0.1) is 11.3 Å². The zero-order valence-corrected chi connectivity index (χ0v) is 12.7. The molecule has 0 aliphatic rings. The lowest BCUT2D eigenvalue weighted by Gasteiger charge is -2.14. The van der Waals surface area contributed by atoms with Crippen molar-refractivity contribution in [2.75, 3.05) is 0 Å². The van der Waals surface area contributed by atoms with Crippen molar-refractivity contribution in [2.45, 2.75) is 33.7 Å². The first kappa shape index (κ1) is 13.6. The highest BCUT2D eigenvalue weighted by atomic mass is 35.5. The highest BCUT2D eigenvalue weighted by molar-refractivity contribution is 7.12. The van der Waals surface area contributed by atoms with Gasteiger partial charge in [-0.2, -0.15) is 0 Å². The normalized spacial score (nSPS) is 12.8. The Bertz CT molecular complexity index is 567. The van der Waals surface area contributed by atoms with Crippen molar-refractivity contribution in [2.24, 2.45) is 5.73 Å². The second-order valence-corrected chi connectivity index (χ2v) is 6.52. The lowest BCUT2D eigenvalue weighted by atomic mass is 10.00. The maximum atomic E-state index is 6.34. The minimum atomic E-state index is -0.130. The standard InChI is InChI=1S/C15H18ClNS/c1-8-5-12(13(16)6-9(8)2)15(17)14-7-10(3)11(4)18-14/h5-7,15H,17H2,1-4H3. The molecule has 0 aliphatic carbocycles.